The van der Waals surface area contributed by atoms with Crippen molar-refractivity contribution in [2.45, 2.75) is 27.7 Å². The molecule has 29 heavy (non-hydrogen) atoms. The molecule has 0 unspecified atom stereocenters. The highest BCUT2D eigenvalue weighted by Crippen LogP contribution is 2.30. The predicted molar refractivity (Wildman–Crippen MR) is 117 cm³/mol. The molecule has 1 heterocycles. The van der Waals surface area contributed by atoms with E-state index in [1.165, 1.54) is 6.33 Å². The van der Waals surface area contributed by atoms with Crippen molar-refractivity contribution in [1.29, 1.82) is 0 Å². The van der Waals surface area contributed by atoms with Gasteiger partial charge in [0.25, 0.3) is 0 Å². The predicted octanol–water partition coefficient (Wildman–Crippen LogP) is 5.19. The lowest BCUT2D eigenvalue weighted by atomic mass is 9.95. The third kappa shape index (κ3) is 4.90. The molecule has 0 aliphatic heterocycles. The number of carbonyl (C=O) groups is 1. The molecule has 0 fully saturated rings. The van der Waals surface area contributed by atoms with Gasteiger partial charge in [-0.3, -0.25) is 4.79 Å². The lowest BCUT2D eigenvalue weighted by molar-refractivity contribution is -0.123. The molecule has 0 saturated heterocycles. The molecule has 0 spiro atoms. The molecule has 1 aromatic heterocycles. The Morgan fingerprint density at radius 1 is 1.03 bits per heavy atom. The van der Waals surface area contributed by atoms with E-state index >= 15 is 0 Å². The number of rotatable bonds is 5. The van der Waals surface area contributed by atoms with Crippen molar-refractivity contribution in [3.63, 3.8) is 0 Å². The fourth-order valence-electron chi connectivity index (χ4n) is 2.77. The summed E-state index contributed by atoms with van der Waals surface area (Å²) < 4.78 is 5.43. The van der Waals surface area contributed by atoms with Crippen LogP contribution in [0.2, 0.25) is 0 Å². The van der Waals surface area contributed by atoms with Gasteiger partial charge in [0.05, 0.1) is 12.8 Å². The second-order valence-corrected chi connectivity index (χ2v) is 7.85. The van der Waals surface area contributed by atoms with Crippen LogP contribution in [-0.2, 0) is 4.79 Å². The average Bonchev–Trinajstić information content (AvgIpc) is 2.69. The van der Waals surface area contributed by atoms with Gasteiger partial charge >= 0.3 is 0 Å². The fourth-order valence-corrected chi connectivity index (χ4v) is 2.77. The molecule has 0 atom stereocenters. The Hall–Kier alpha value is -3.41. The number of benzene rings is 2. The van der Waals surface area contributed by atoms with Crippen LogP contribution in [-0.4, -0.2) is 23.0 Å². The Morgan fingerprint density at radius 2 is 1.79 bits per heavy atom. The van der Waals surface area contributed by atoms with Crippen molar-refractivity contribution in [2.75, 3.05) is 17.7 Å². The topological polar surface area (TPSA) is 76.1 Å². The highest BCUT2D eigenvalue weighted by Gasteiger charge is 2.21. The lowest BCUT2D eigenvalue weighted by Gasteiger charge is -2.18. The number of carbonyl (C=O) groups excluding carboxylic acids is 1. The molecule has 6 heteroatoms. The van der Waals surface area contributed by atoms with Crippen LogP contribution in [0.5, 0.6) is 5.75 Å². The van der Waals surface area contributed by atoms with Gasteiger partial charge in [0, 0.05) is 28.4 Å². The first-order valence-corrected chi connectivity index (χ1v) is 9.42. The van der Waals surface area contributed by atoms with Crippen molar-refractivity contribution in [1.82, 2.24) is 9.97 Å². The molecule has 0 saturated carbocycles. The number of hydrogen-bond acceptors (Lipinski definition) is 5. The fraction of sp³-hybridized carbons (Fsp3) is 0.261. The van der Waals surface area contributed by atoms with Gasteiger partial charge in [0.2, 0.25) is 5.91 Å². The second kappa shape index (κ2) is 8.31. The molecular formula is C23H26N4O2. The SMILES string of the molecule is COc1ccccc1-c1cc(Nc2ccc(NC(=O)C(C)(C)C)cc2C)ncn1. The van der Waals surface area contributed by atoms with Gasteiger partial charge < -0.3 is 15.4 Å². The summed E-state index contributed by atoms with van der Waals surface area (Å²) in [4.78, 5) is 20.9. The largest absolute Gasteiger partial charge is 0.496 e. The van der Waals surface area contributed by atoms with Crippen molar-refractivity contribution >= 4 is 23.1 Å². The van der Waals surface area contributed by atoms with Gasteiger partial charge in [-0.15, -0.1) is 0 Å². The summed E-state index contributed by atoms with van der Waals surface area (Å²) in [6, 6.07) is 15.4. The lowest BCUT2D eigenvalue weighted by Crippen LogP contribution is -2.27. The summed E-state index contributed by atoms with van der Waals surface area (Å²) >= 11 is 0. The van der Waals surface area contributed by atoms with Gasteiger partial charge in [-0.2, -0.15) is 0 Å². The molecule has 150 valence electrons. The minimum Gasteiger partial charge on any atom is -0.496 e. The van der Waals surface area contributed by atoms with E-state index < -0.39 is 5.41 Å². The molecule has 2 N–H and O–H groups in total. The van der Waals surface area contributed by atoms with E-state index in [-0.39, 0.29) is 5.91 Å². The third-order valence-electron chi connectivity index (χ3n) is 4.48. The van der Waals surface area contributed by atoms with Crippen LogP contribution in [0.3, 0.4) is 0 Å². The van der Waals surface area contributed by atoms with Crippen LogP contribution in [0.4, 0.5) is 17.2 Å². The highest BCUT2D eigenvalue weighted by atomic mass is 16.5. The molecule has 6 nitrogen and oxygen atoms in total. The second-order valence-electron chi connectivity index (χ2n) is 7.85. The maximum atomic E-state index is 12.2. The number of nitrogens with zero attached hydrogens (tertiary/aromatic N) is 2. The molecule has 2 aromatic carbocycles. The molecule has 3 aromatic rings. The molecule has 0 radical (unpaired) electrons. The monoisotopic (exact) mass is 390 g/mol. The van der Waals surface area contributed by atoms with Crippen LogP contribution in [0.1, 0.15) is 26.3 Å². The minimum absolute atomic E-state index is 0.0186. The number of para-hydroxylation sites is 1. The number of methoxy groups -OCH3 is 1. The van der Waals surface area contributed by atoms with E-state index in [4.69, 9.17) is 4.74 Å². The van der Waals surface area contributed by atoms with Gasteiger partial charge in [0.15, 0.2) is 0 Å². The molecule has 3 rings (SSSR count). The zero-order chi connectivity index (χ0) is 21.0. The van der Waals surface area contributed by atoms with Crippen LogP contribution >= 0.6 is 0 Å². The molecule has 0 aliphatic carbocycles. The quantitative estimate of drug-likeness (QED) is 0.627. The Kier molecular flexibility index (Phi) is 5.82. The minimum atomic E-state index is -0.444. The Labute approximate surface area is 171 Å². The summed E-state index contributed by atoms with van der Waals surface area (Å²) in [6.45, 7) is 7.65. The summed E-state index contributed by atoms with van der Waals surface area (Å²) in [5.74, 6) is 1.41. The van der Waals surface area contributed by atoms with Gasteiger partial charge in [0.1, 0.15) is 17.9 Å². The molecule has 0 bridgehead atoms. The maximum absolute atomic E-state index is 12.2. The van der Waals surface area contributed by atoms with Crippen LogP contribution in [0, 0.1) is 12.3 Å². The van der Waals surface area contributed by atoms with Crippen molar-refractivity contribution in [3.8, 4) is 17.0 Å². The Morgan fingerprint density at radius 3 is 2.48 bits per heavy atom. The van der Waals surface area contributed by atoms with E-state index in [1.807, 2.05) is 76.2 Å². The average molecular weight is 390 g/mol. The number of aryl methyl sites for hydroxylation is 1. The summed E-state index contributed by atoms with van der Waals surface area (Å²) in [7, 11) is 1.64. The van der Waals surface area contributed by atoms with Crippen LogP contribution < -0.4 is 15.4 Å². The first kappa shape index (κ1) is 20.3. The molecule has 1 amide bonds. The van der Waals surface area contributed by atoms with E-state index in [0.717, 1.165) is 33.9 Å². The molecule has 0 aliphatic rings. The maximum Gasteiger partial charge on any atom is 0.229 e. The number of aromatic nitrogens is 2. The summed E-state index contributed by atoms with van der Waals surface area (Å²) in [6.07, 6.45) is 1.53. The number of nitrogens with one attached hydrogen (secondary N) is 2. The first-order chi connectivity index (χ1) is 13.8. The third-order valence-corrected chi connectivity index (χ3v) is 4.48. The highest BCUT2D eigenvalue weighted by molar-refractivity contribution is 5.94. The number of amides is 1. The summed E-state index contributed by atoms with van der Waals surface area (Å²) in [5, 5.41) is 6.28. The van der Waals surface area contributed by atoms with E-state index in [2.05, 4.69) is 20.6 Å². The normalized spacial score (nSPS) is 11.1. The van der Waals surface area contributed by atoms with E-state index in [1.54, 1.807) is 7.11 Å². The first-order valence-electron chi connectivity index (χ1n) is 9.42. The summed E-state index contributed by atoms with van der Waals surface area (Å²) in [5.41, 5.74) is 3.90. The van der Waals surface area contributed by atoms with E-state index in [9.17, 15) is 4.79 Å². The van der Waals surface area contributed by atoms with Gasteiger partial charge in [-0.05, 0) is 42.8 Å². The zero-order valence-corrected chi connectivity index (χ0v) is 17.4. The Balaban J connectivity index is 1.81. The Bertz CT molecular complexity index is 1030. The number of ether oxygens (including phenoxy) is 1. The van der Waals surface area contributed by atoms with E-state index in [0.29, 0.717) is 5.82 Å². The number of anilines is 3. The van der Waals surface area contributed by atoms with Crippen molar-refractivity contribution in [3.05, 3.63) is 60.4 Å². The smallest absolute Gasteiger partial charge is 0.229 e. The number of hydrogen-bond donors (Lipinski definition) is 2. The van der Waals surface area contributed by atoms with Crippen molar-refractivity contribution < 1.29 is 9.53 Å². The van der Waals surface area contributed by atoms with Crippen LogP contribution in [0.25, 0.3) is 11.3 Å². The van der Waals surface area contributed by atoms with Gasteiger partial charge in [-0.25, -0.2) is 9.97 Å². The zero-order valence-electron chi connectivity index (χ0n) is 17.4. The van der Waals surface area contributed by atoms with Gasteiger partial charge in [-0.1, -0.05) is 32.9 Å². The van der Waals surface area contributed by atoms with Crippen LogP contribution in [0.15, 0.2) is 54.9 Å². The molecular weight excluding hydrogens is 364 g/mol. The standard InChI is InChI=1S/C23H26N4O2/c1-15-12-16(26-22(28)23(2,3)4)10-11-18(15)27-21-13-19(24-14-25-21)17-8-6-7-9-20(17)29-5/h6-14H,1-5H3,(H,26,28)(H,24,25,27). The van der Waals surface area contributed by atoms with Crippen molar-refractivity contribution in [2.24, 2.45) is 5.41 Å².